The maximum absolute atomic E-state index is 12.1. The van der Waals surface area contributed by atoms with Crippen molar-refractivity contribution in [3.63, 3.8) is 0 Å². The number of carbonyl (C=O) groups is 2. The number of carboxylic acid groups (broad SMARTS) is 1. The minimum atomic E-state index is -0.902. The number of aliphatic carboxylic acids is 1. The summed E-state index contributed by atoms with van der Waals surface area (Å²) in [7, 11) is 0. The number of carbonyl (C=O) groups excluding carboxylic acids is 1. The van der Waals surface area contributed by atoms with Crippen LogP contribution >= 0.6 is 0 Å². The van der Waals surface area contributed by atoms with Crippen molar-refractivity contribution < 1.29 is 14.7 Å². The van der Waals surface area contributed by atoms with Gasteiger partial charge in [0.05, 0.1) is 5.92 Å². The minimum absolute atomic E-state index is 0.201. The Morgan fingerprint density at radius 1 is 1.44 bits per heavy atom. The van der Waals surface area contributed by atoms with E-state index in [0.29, 0.717) is 11.7 Å². The number of aromatic nitrogens is 1. The fourth-order valence-electron chi connectivity index (χ4n) is 1.88. The number of carboxylic acids is 1. The van der Waals surface area contributed by atoms with Crippen LogP contribution in [0.15, 0.2) is 18.3 Å². The van der Waals surface area contributed by atoms with Gasteiger partial charge in [0.2, 0.25) is 0 Å². The first-order valence-electron chi connectivity index (χ1n) is 6.21. The van der Waals surface area contributed by atoms with E-state index in [1.807, 2.05) is 16.8 Å². The van der Waals surface area contributed by atoms with Gasteiger partial charge in [-0.2, -0.15) is 0 Å². The van der Waals surface area contributed by atoms with E-state index in [1.54, 1.807) is 19.9 Å². The molecular weight excluding hydrogens is 232 g/mol. The van der Waals surface area contributed by atoms with Gasteiger partial charge >= 0.3 is 5.97 Å². The predicted molar refractivity (Wildman–Crippen MR) is 66.4 cm³/mol. The molecule has 1 aromatic rings. The van der Waals surface area contributed by atoms with Crippen LogP contribution in [-0.4, -0.2) is 27.6 Å². The summed E-state index contributed by atoms with van der Waals surface area (Å²) < 4.78 is 1.97. The van der Waals surface area contributed by atoms with Crippen LogP contribution in [0.4, 0.5) is 0 Å². The highest BCUT2D eigenvalue weighted by atomic mass is 16.4. The van der Waals surface area contributed by atoms with Crippen LogP contribution in [0.1, 0.15) is 43.2 Å². The highest BCUT2D eigenvalue weighted by molar-refractivity contribution is 5.93. The number of amides is 1. The normalized spacial score (nSPS) is 18.1. The summed E-state index contributed by atoms with van der Waals surface area (Å²) in [6.07, 6.45) is 4.12. The summed E-state index contributed by atoms with van der Waals surface area (Å²) in [6.45, 7) is 3.30. The maximum atomic E-state index is 12.1. The van der Waals surface area contributed by atoms with Crippen molar-refractivity contribution in [3.05, 3.63) is 24.0 Å². The summed E-state index contributed by atoms with van der Waals surface area (Å²) >= 11 is 0. The van der Waals surface area contributed by atoms with Crippen molar-refractivity contribution in [1.29, 1.82) is 0 Å². The summed E-state index contributed by atoms with van der Waals surface area (Å²) in [5.41, 5.74) is 0.613. The molecule has 5 nitrogen and oxygen atoms in total. The molecule has 18 heavy (non-hydrogen) atoms. The van der Waals surface area contributed by atoms with Crippen LogP contribution < -0.4 is 5.32 Å². The van der Waals surface area contributed by atoms with E-state index in [-0.39, 0.29) is 5.91 Å². The third kappa shape index (κ3) is 2.55. The lowest BCUT2D eigenvalue weighted by Crippen LogP contribution is -2.40. The Balaban J connectivity index is 2.03. The van der Waals surface area contributed by atoms with E-state index < -0.39 is 17.9 Å². The molecule has 5 heteroatoms. The molecule has 1 aliphatic carbocycles. The van der Waals surface area contributed by atoms with Crippen molar-refractivity contribution in [2.75, 3.05) is 0 Å². The average molecular weight is 250 g/mol. The predicted octanol–water partition coefficient (Wildman–Crippen LogP) is 1.66. The molecule has 0 aliphatic heterocycles. The number of nitrogens with zero attached hydrogens (tertiary/aromatic N) is 1. The zero-order valence-electron chi connectivity index (χ0n) is 10.6. The molecule has 0 spiro atoms. The average Bonchev–Trinajstić information content (AvgIpc) is 3.05. The quantitative estimate of drug-likeness (QED) is 0.835. The third-order valence-electron chi connectivity index (χ3n) is 3.45. The van der Waals surface area contributed by atoms with Crippen molar-refractivity contribution in [2.45, 2.75) is 38.8 Å². The van der Waals surface area contributed by atoms with Crippen LogP contribution in [0, 0.1) is 5.92 Å². The molecule has 2 N–H and O–H groups in total. The second-order valence-electron chi connectivity index (χ2n) is 4.92. The molecule has 1 fully saturated rings. The molecule has 2 atom stereocenters. The Hall–Kier alpha value is -1.78. The van der Waals surface area contributed by atoms with Crippen LogP contribution in [-0.2, 0) is 4.79 Å². The number of rotatable bonds is 5. The van der Waals surface area contributed by atoms with Gasteiger partial charge in [0.15, 0.2) is 0 Å². The standard InChI is InChI=1S/C13H18N2O3/c1-8(13(17)18)9(2)14-12(16)11-4-3-7-15(11)10-5-6-10/h3-4,7-10H,5-6H2,1-2H3,(H,14,16)(H,17,18). The topological polar surface area (TPSA) is 71.3 Å². The number of hydrogen-bond acceptors (Lipinski definition) is 2. The van der Waals surface area contributed by atoms with Gasteiger partial charge in [-0.15, -0.1) is 0 Å². The van der Waals surface area contributed by atoms with E-state index >= 15 is 0 Å². The van der Waals surface area contributed by atoms with Crippen LogP contribution in [0.25, 0.3) is 0 Å². The summed E-state index contributed by atoms with van der Waals surface area (Å²) in [4.78, 5) is 22.9. The van der Waals surface area contributed by atoms with E-state index in [0.717, 1.165) is 12.8 Å². The van der Waals surface area contributed by atoms with Crippen LogP contribution in [0.3, 0.4) is 0 Å². The van der Waals surface area contributed by atoms with E-state index in [4.69, 9.17) is 5.11 Å². The van der Waals surface area contributed by atoms with Gasteiger partial charge < -0.3 is 15.0 Å². The Morgan fingerprint density at radius 3 is 2.67 bits per heavy atom. The van der Waals surface area contributed by atoms with Crippen molar-refractivity contribution in [3.8, 4) is 0 Å². The third-order valence-corrected chi connectivity index (χ3v) is 3.45. The van der Waals surface area contributed by atoms with Crippen LogP contribution in [0.2, 0.25) is 0 Å². The second-order valence-corrected chi connectivity index (χ2v) is 4.92. The van der Waals surface area contributed by atoms with Gasteiger partial charge in [-0.3, -0.25) is 9.59 Å². The van der Waals surface area contributed by atoms with Gasteiger partial charge in [-0.1, -0.05) is 0 Å². The highest BCUT2D eigenvalue weighted by Crippen LogP contribution is 2.35. The van der Waals surface area contributed by atoms with Crippen molar-refractivity contribution in [1.82, 2.24) is 9.88 Å². The Kier molecular flexibility index (Phi) is 3.41. The fraction of sp³-hybridized carbons (Fsp3) is 0.538. The molecule has 1 amide bonds. The fourth-order valence-corrected chi connectivity index (χ4v) is 1.88. The van der Waals surface area contributed by atoms with E-state index in [1.165, 1.54) is 0 Å². The molecule has 0 bridgehead atoms. The number of hydrogen-bond donors (Lipinski definition) is 2. The van der Waals surface area contributed by atoms with Crippen LogP contribution in [0.5, 0.6) is 0 Å². The van der Waals surface area contributed by atoms with Gasteiger partial charge in [0.25, 0.3) is 5.91 Å². The zero-order valence-corrected chi connectivity index (χ0v) is 10.6. The maximum Gasteiger partial charge on any atom is 0.308 e. The van der Waals surface area contributed by atoms with Gasteiger partial charge in [0, 0.05) is 18.3 Å². The molecule has 0 aromatic carbocycles. The Labute approximate surface area is 106 Å². The summed E-state index contributed by atoms with van der Waals surface area (Å²) in [5, 5.41) is 11.6. The molecule has 0 saturated heterocycles. The first-order valence-corrected chi connectivity index (χ1v) is 6.21. The molecule has 0 radical (unpaired) electrons. The summed E-state index contributed by atoms with van der Waals surface area (Å²) in [5.74, 6) is -1.70. The molecule has 2 rings (SSSR count). The largest absolute Gasteiger partial charge is 0.481 e. The molecule has 98 valence electrons. The van der Waals surface area contributed by atoms with Crippen molar-refractivity contribution >= 4 is 11.9 Å². The van der Waals surface area contributed by atoms with Gasteiger partial charge in [-0.25, -0.2) is 0 Å². The smallest absolute Gasteiger partial charge is 0.308 e. The molecule has 1 heterocycles. The monoisotopic (exact) mass is 250 g/mol. The lowest BCUT2D eigenvalue weighted by molar-refractivity contribution is -0.141. The van der Waals surface area contributed by atoms with Crippen molar-refractivity contribution in [2.24, 2.45) is 5.92 Å². The Morgan fingerprint density at radius 2 is 2.11 bits per heavy atom. The number of nitrogens with one attached hydrogen (secondary N) is 1. The molecule has 1 aromatic heterocycles. The second kappa shape index (κ2) is 4.84. The lowest BCUT2D eigenvalue weighted by Gasteiger charge is -2.18. The molecule has 1 aliphatic rings. The SMILES string of the molecule is CC(NC(=O)c1cccn1C1CC1)C(C)C(=O)O. The zero-order chi connectivity index (χ0) is 13.3. The van der Waals surface area contributed by atoms with E-state index in [9.17, 15) is 9.59 Å². The van der Waals surface area contributed by atoms with E-state index in [2.05, 4.69) is 5.32 Å². The highest BCUT2D eigenvalue weighted by Gasteiger charge is 2.28. The first-order chi connectivity index (χ1) is 8.50. The minimum Gasteiger partial charge on any atom is -0.481 e. The molecular formula is C13H18N2O3. The molecule has 1 saturated carbocycles. The lowest BCUT2D eigenvalue weighted by atomic mass is 10.0. The summed E-state index contributed by atoms with van der Waals surface area (Å²) in [6, 6.07) is 3.66. The Bertz CT molecular complexity index is 463. The van der Waals surface area contributed by atoms with Gasteiger partial charge in [-0.05, 0) is 38.8 Å². The molecule has 2 unspecified atom stereocenters. The first kappa shape index (κ1) is 12.7. The van der Waals surface area contributed by atoms with Gasteiger partial charge in [0.1, 0.15) is 5.69 Å².